The third kappa shape index (κ3) is 3.37. The molecule has 4 heteroatoms. The monoisotopic (exact) mass is 235 g/mol. The number of nitrogen functional groups attached to an aromatic ring is 1. The first kappa shape index (κ1) is 13.4. The van der Waals surface area contributed by atoms with E-state index in [0.29, 0.717) is 13.1 Å². The maximum Gasteiger partial charge on any atom is 0.239 e. The smallest absolute Gasteiger partial charge is 0.239 e. The van der Waals surface area contributed by atoms with Crippen LogP contribution in [-0.2, 0) is 4.79 Å². The average molecular weight is 235 g/mol. The number of nitrogens with zero attached hydrogens (tertiary/aromatic N) is 1. The van der Waals surface area contributed by atoms with E-state index >= 15 is 0 Å². The molecule has 0 unspecified atom stereocenters. The summed E-state index contributed by atoms with van der Waals surface area (Å²) in [6.45, 7) is 7.73. The third-order valence-electron chi connectivity index (χ3n) is 2.78. The van der Waals surface area contributed by atoms with E-state index in [2.05, 4.69) is 5.32 Å². The summed E-state index contributed by atoms with van der Waals surface area (Å²) < 4.78 is 0. The molecule has 0 radical (unpaired) electrons. The number of carbonyl (C=O) groups is 1. The number of nitrogens with one attached hydrogen (secondary N) is 1. The van der Waals surface area contributed by atoms with E-state index in [1.807, 2.05) is 43.9 Å². The van der Waals surface area contributed by atoms with Gasteiger partial charge in [-0.05, 0) is 38.5 Å². The zero-order chi connectivity index (χ0) is 12.8. The van der Waals surface area contributed by atoms with Crippen LogP contribution in [0.2, 0.25) is 0 Å². The van der Waals surface area contributed by atoms with Crippen molar-refractivity contribution in [2.75, 3.05) is 30.3 Å². The molecule has 94 valence electrons. The van der Waals surface area contributed by atoms with E-state index in [1.54, 1.807) is 0 Å². The molecule has 0 bridgehead atoms. The Bertz CT molecular complexity index is 390. The van der Waals surface area contributed by atoms with Gasteiger partial charge in [-0.3, -0.25) is 4.79 Å². The van der Waals surface area contributed by atoms with E-state index in [9.17, 15) is 4.79 Å². The summed E-state index contributed by atoms with van der Waals surface area (Å²) in [6.07, 6.45) is 0. The molecule has 0 aliphatic rings. The lowest BCUT2D eigenvalue weighted by Gasteiger charge is -2.24. The van der Waals surface area contributed by atoms with Crippen LogP contribution in [0.4, 0.5) is 11.4 Å². The van der Waals surface area contributed by atoms with Crippen molar-refractivity contribution in [3.63, 3.8) is 0 Å². The van der Waals surface area contributed by atoms with E-state index < -0.39 is 0 Å². The van der Waals surface area contributed by atoms with Gasteiger partial charge in [0, 0.05) is 24.5 Å². The molecule has 0 heterocycles. The number of nitrogens with two attached hydrogens (primary N) is 1. The minimum absolute atomic E-state index is 0.0381. The van der Waals surface area contributed by atoms with Crippen LogP contribution in [0, 0.1) is 6.92 Å². The van der Waals surface area contributed by atoms with Crippen LogP contribution >= 0.6 is 0 Å². The van der Waals surface area contributed by atoms with Gasteiger partial charge in [-0.25, -0.2) is 0 Å². The van der Waals surface area contributed by atoms with Gasteiger partial charge in [-0.2, -0.15) is 0 Å². The first-order chi connectivity index (χ1) is 8.10. The van der Waals surface area contributed by atoms with Crippen LogP contribution in [0.1, 0.15) is 19.4 Å². The Kier molecular flexibility index (Phi) is 4.82. The Morgan fingerprint density at radius 1 is 1.41 bits per heavy atom. The second kappa shape index (κ2) is 6.13. The lowest BCUT2D eigenvalue weighted by atomic mass is 10.1. The molecule has 0 saturated carbocycles. The molecule has 3 N–H and O–H groups in total. The highest BCUT2D eigenvalue weighted by atomic mass is 16.2. The number of hydrogen-bond donors (Lipinski definition) is 2. The number of hydrogen-bond acceptors (Lipinski definition) is 3. The Hall–Kier alpha value is -1.71. The van der Waals surface area contributed by atoms with Crippen molar-refractivity contribution in [2.45, 2.75) is 20.8 Å². The van der Waals surface area contributed by atoms with Crippen molar-refractivity contribution in [1.82, 2.24) is 5.32 Å². The molecule has 4 nitrogen and oxygen atoms in total. The Morgan fingerprint density at radius 2 is 2.12 bits per heavy atom. The predicted molar refractivity (Wildman–Crippen MR) is 72.2 cm³/mol. The second-order valence-electron chi connectivity index (χ2n) is 3.96. The van der Waals surface area contributed by atoms with Gasteiger partial charge in [0.25, 0.3) is 0 Å². The minimum Gasteiger partial charge on any atom is -0.398 e. The molecule has 0 aliphatic heterocycles. The van der Waals surface area contributed by atoms with Gasteiger partial charge < -0.3 is 16.0 Å². The maximum absolute atomic E-state index is 11.6. The SMILES string of the molecule is CCNC(=O)CN(CC)c1cccc(N)c1C. The van der Waals surface area contributed by atoms with E-state index in [4.69, 9.17) is 5.73 Å². The summed E-state index contributed by atoms with van der Waals surface area (Å²) in [6, 6.07) is 5.78. The third-order valence-corrected chi connectivity index (χ3v) is 2.78. The fourth-order valence-electron chi connectivity index (χ4n) is 1.78. The minimum atomic E-state index is 0.0381. The number of amides is 1. The zero-order valence-electron chi connectivity index (χ0n) is 10.8. The number of likely N-dealkylation sites (N-methyl/N-ethyl adjacent to an activating group) is 2. The Balaban J connectivity index is 2.86. The summed E-state index contributed by atoms with van der Waals surface area (Å²) in [4.78, 5) is 13.6. The van der Waals surface area contributed by atoms with Gasteiger partial charge in [-0.1, -0.05) is 6.07 Å². The van der Waals surface area contributed by atoms with Crippen molar-refractivity contribution in [3.8, 4) is 0 Å². The van der Waals surface area contributed by atoms with Crippen molar-refractivity contribution >= 4 is 17.3 Å². The van der Waals surface area contributed by atoms with Crippen LogP contribution < -0.4 is 16.0 Å². The van der Waals surface area contributed by atoms with Crippen LogP contribution in [0.5, 0.6) is 0 Å². The molecule has 1 amide bonds. The molecule has 0 atom stereocenters. The molecule has 17 heavy (non-hydrogen) atoms. The first-order valence-electron chi connectivity index (χ1n) is 5.96. The fourth-order valence-corrected chi connectivity index (χ4v) is 1.78. The Morgan fingerprint density at radius 3 is 2.71 bits per heavy atom. The zero-order valence-corrected chi connectivity index (χ0v) is 10.8. The van der Waals surface area contributed by atoms with Crippen LogP contribution in [0.15, 0.2) is 18.2 Å². The standard InChI is InChI=1S/C13H21N3O/c1-4-15-13(17)9-16(5-2)12-8-6-7-11(14)10(12)3/h6-8H,4-5,9,14H2,1-3H3,(H,15,17). The summed E-state index contributed by atoms with van der Waals surface area (Å²) in [7, 11) is 0. The van der Waals surface area contributed by atoms with E-state index in [1.165, 1.54) is 0 Å². The quantitative estimate of drug-likeness (QED) is 0.761. The number of benzene rings is 1. The molecule has 0 saturated heterocycles. The molecule has 1 aromatic carbocycles. The molecule has 0 aliphatic carbocycles. The highest BCUT2D eigenvalue weighted by Crippen LogP contribution is 2.24. The second-order valence-corrected chi connectivity index (χ2v) is 3.96. The van der Waals surface area contributed by atoms with E-state index in [-0.39, 0.29) is 5.91 Å². The van der Waals surface area contributed by atoms with E-state index in [0.717, 1.165) is 23.5 Å². The highest BCUT2D eigenvalue weighted by molar-refractivity contribution is 5.82. The normalized spacial score (nSPS) is 10.1. The first-order valence-corrected chi connectivity index (χ1v) is 5.96. The molecule has 1 aromatic rings. The lowest BCUT2D eigenvalue weighted by molar-refractivity contribution is -0.119. The van der Waals surface area contributed by atoms with Gasteiger partial charge in [-0.15, -0.1) is 0 Å². The lowest BCUT2D eigenvalue weighted by Crippen LogP contribution is -2.37. The van der Waals surface area contributed by atoms with Crippen LogP contribution in [0.25, 0.3) is 0 Å². The molecule has 1 rings (SSSR count). The maximum atomic E-state index is 11.6. The van der Waals surface area contributed by atoms with Crippen LogP contribution in [-0.4, -0.2) is 25.5 Å². The summed E-state index contributed by atoms with van der Waals surface area (Å²) in [5.41, 5.74) is 8.69. The number of rotatable bonds is 5. The van der Waals surface area contributed by atoms with Crippen molar-refractivity contribution < 1.29 is 4.79 Å². The predicted octanol–water partition coefficient (Wildman–Crippen LogP) is 1.54. The molecule has 0 spiro atoms. The summed E-state index contributed by atoms with van der Waals surface area (Å²) in [5.74, 6) is 0.0381. The Labute approximate surface area is 103 Å². The fraction of sp³-hybridized carbons (Fsp3) is 0.462. The summed E-state index contributed by atoms with van der Waals surface area (Å²) in [5, 5.41) is 2.80. The highest BCUT2D eigenvalue weighted by Gasteiger charge is 2.12. The van der Waals surface area contributed by atoms with Gasteiger partial charge in [0.15, 0.2) is 0 Å². The summed E-state index contributed by atoms with van der Waals surface area (Å²) >= 11 is 0. The topological polar surface area (TPSA) is 58.4 Å². The number of anilines is 2. The molecular weight excluding hydrogens is 214 g/mol. The molecule has 0 fully saturated rings. The molecule has 0 aromatic heterocycles. The average Bonchev–Trinajstić information content (AvgIpc) is 2.30. The van der Waals surface area contributed by atoms with Gasteiger partial charge >= 0.3 is 0 Å². The van der Waals surface area contributed by atoms with Gasteiger partial charge in [0.1, 0.15) is 0 Å². The van der Waals surface area contributed by atoms with Gasteiger partial charge in [0.05, 0.1) is 6.54 Å². The van der Waals surface area contributed by atoms with Crippen molar-refractivity contribution in [2.24, 2.45) is 0 Å². The number of carbonyl (C=O) groups excluding carboxylic acids is 1. The van der Waals surface area contributed by atoms with Crippen molar-refractivity contribution in [3.05, 3.63) is 23.8 Å². The van der Waals surface area contributed by atoms with Crippen LogP contribution in [0.3, 0.4) is 0 Å². The van der Waals surface area contributed by atoms with Crippen molar-refractivity contribution in [1.29, 1.82) is 0 Å². The largest absolute Gasteiger partial charge is 0.398 e. The molecular formula is C13H21N3O. The van der Waals surface area contributed by atoms with Gasteiger partial charge in [0.2, 0.25) is 5.91 Å².